The molecule has 0 aliphatic rings. The van der Waals surface area contributed by atoms with Gasteiger partial charge in [-0.15, -0.1) is 10.2 Å². The van der Waals surface area contributed by atoms with Crippen molar-refractivity contribution < 1.29 is 4.74 Å². The van der Waals surface area contributed by atoms with Crippen molar-refractivity contribution in [2.24, 2.45) is 0 Å². The topological polar surface area (TPSA) is 75.8 Å². The van der Waals surface area contributed by atoms with E-state index in [1.807, 2.05) is 36.4 Å². The van der Waals surface area contributed by atoms with Crippen LogP contribution in [0.3, 0.4) is 0 Å². The van der Waals surface area contributed by atoms with Crippen LogP contribution in [0.5, 0.6) is 5.75 Å². The highest BCUT2D eigenvalue weighted by Gasteiger charge is 2.07. The molecule has 0 aliphatic carbocycles. The number of hydrogen-bond donors (Lipinski definition) is 1. The van der Waals surface area contributed by atoms with Gasteiger partial charge in [0, 0.05) is 5.56 Å². The first-order chi connectivity index (χ1) is 10.8. The van der Waals surface area contributed by atoms with Gasteiger partial charge in [0.05, 0.1) is 24.4 Å². The van der Waals surface area contributed by atoms with Crippen LogP contribution < -0.4 is 10.2 Å². The first-order valence-electron chi connectivity index (χ1n) is 6.60. The van der Waals surface area contributed by atoms with Crippen LogP contribution in [0.15, 0.2) is 55.1 Å². The van der Waals surface area contributed by atoms with E-state index in [-0.39, 0.29) is 0 Å². The van der Waals surface area contributed by atoms with Gasteiger partial charge in [-0.1, -0.05) is 12.1 Å². The van der Waals surface area contributed by atoms with Crippen LogP contribution in [0.25, 0.3) is 11.1 Å². The van der Waals surface area contributed by atoms with Crippen LogP contribution in [0.2, 0.25) is 0 Å². The van der Waals surface area contributed by atoms with Crippen LogP contribution in [0.4, 0.5) is 5.69 Å². The van der Waals surface area contributed by atoms with E-state index in [9.17, 15) is 5.26 Å². The normalized spacial score (nSPS) is 10.0. The number of ether oxygens (including phenoxy) is 1. The SMILES string of the molecule is COc1ccc(-c2cc(Nn3cnnc3)ccc2C#N)cc1. The summed E-state index contributed by atoms with van der Waals surface area (Å²) in [5, 5.41) is 16.8. The number of nitrogens with zero attached hydrogens (tertiary/aromatic N) is 4. The molecule has 6 heteroatoms. The van der Waals surface area contributed by atoms with E-state index in [1.165, 1.54) is 0 Å². The third kappa shape index (κ3) is 2.74. The van der Waals surface area contributed by atoms with Crippen molar-refractivity contribution in [3.05, 3.63) is 60.7 Å². The third-order valence-electron chi connectivity index (χ3n) is 3.22. The van der Waals surface area contributed by atoms with Crippen LogP contribution in [0.1, 0.15) is 5.56 Å². The molecule has 0 amide bonds. The molecule has 0 saturated carbocycles. The predicted octanol–water partition coefficient (Wildman–Crippen LogP) is 2.70. The maximum absolute atomic E-state index is 9.31. The molecule has 0 atom stereocenters. The molecule has 6 nitrogen and oxygen atoms in total. The average molecular weight is 291 g/mol. The summed E-state index contributed by atoms with van der Waals surface area (Å²) in [5.41, 5.74) is 6.37. The van der Waals surface area contributed by atoms with Gasteiger partial charge in [-0.3, -0.25) is 5.43 Å². The van der Waals surface area contributed by atoms with Crippen molar-refractivity contribution in [1.29, 1.82) is 5.26 Å². The van der Waals surface area contributed by atoms with Crippen LogP contribution in [-0.2, 0) is 0 Å². The zero-order valence-electron chi connectivity index (χ0n) is 11.9. The quantitative estimate of drug-likeness (QED) is 0.799. The molecule has 22 heavy (non-hydrogen) atoms. The van der Waals surface area contributed by atoms with E-state index < -0.39 is 0 Å². The van der Waals surface area contributed by atoms with Gasteiger partial charge in [0.1, 0.15) is 18.4 Å². The van der Waals surface area contributed by atoms with E-state index >= 15 is 0 Å². The summed E-state index contributed by atoms with van der Waals surface area (Å²) < 4.78 is 6.80. The van der Waals surface area contributed by atoms with Gasteiger partial charge in [-0.25, -0.2) is 4.68 Å². The van der Waals surface area contributed by atoms with Gasteiger partial charge in [0.25, 0.3) is 0 Å². The molecule has 2 aromatic carbocycles. The largest absolute Gasteiger partial charge is 0.497 e. The summed E-state index contributed by atoms with van der Waals surface area (Å²) >= 11 is 0. The zero-order valence-corrected chi connectivity index (χ0v) is 11.9. The van der Waals surface area contributed by atoms with E-state index in [1.54, 1.807) is 30.5 Å². The molecule has 0 radical (unpaired) electrons. The van der Waals surface area contributed by atoms with E-state index in [4.69, 9.17) is 4.74 Å². The highest BCUT2D eigenvalue weighted by molar-refractivity contribution is 5.74. The van der Waals surface area contributed by atoms with E-state index in [2.05, 4.69) is 21.7 Å². The fraction of sp³-hybridized carbons (Fsp3) is 0.0625. The monoisotopic (exact) mass is 291 g/mol. The molecule has 1 aromatic heterocycles. The highest BCUT2D eigenvalue weighted by Crippen LogP contribution is 2.28. The summed E-state index contributed by atoms with van der Waals surface area (Å²) in [7, 11) is 1.62. The van der Waals surface area contributed by atoms with E-state index in [0.29, 0.717) is 5.56 Å². The first-order valence-corrected chi connectivity index (χ1v) is 6.60. The van der Waals surface area contributed by atoms with Gasteiger partial charge in [-0.2, -0.15) is 5.26 Å². The second kappa shape index (κ2) is 5.97. The Kier molecular flexibility index (Phi) is 3.70. The Morgan fingerprint density at radius 3 is 2.45 bits per heavy atom. The molecule has 1 N–H and O–H groups in total. The van der Waals surface area contributed by atoms with Crippen molar-refractivity contribution in [3.8, 4) is 22.9 Å². The lowest BCUT2D eigenvalue weighted by Gasteiger charge is -2.10. The Labute approximate surface area is 127 Å². The molecule has 108 valence electrons. The minimum Gasteiger partial charge on any atom is -0.497 e. The van der Waals surface area contributed by atoms with Gasteiger partial charge in [0.2, 0.25) is 0 Å². The molecular weight excluding hydrogens is 278 g/mol. The lowest BCUT2D eigenvalue weighted by Crippen LogP contribution is -2.06. The number of nitriles is 1. The fourth-order valence-corrected chi connectivity index (χ4v) is 2.13. The zero-order chi connectivity index (χ0) is 15.4. The lowest BCUT2D eigenvalue weighted by molar-refractivity contribution is 0.415. The number of rotatable bonds is 4. The van der Waals surface area contributed by atoms with Crippen LogP contribution >= 0.6 is 0 Å². The Bertz CT molecular complexity index is 804. The smallest absolute Gasteiger partial charge is 0.139 e. The van der Waals surface area contributed by atoms with Crippen molar-refractivity contribution >= 4 is 5.69 Å². The summed E-state index contributed by atoms with van der Waals surface area (Å²) in [6.45, 7) is 0. The van der Waals surface area contributed by atoms with E-state index in [0.717, 1.165) is 22.6 Å². The average Bonchev–Trinajstić information content (AvgIpc) is 3.08. The molecule has 0 unspecified atom stereocenters. The molecule has 3 aromatic rings. The number of anilines is 1. The Morgan fingerprint density at radius 1 is 1.09 bits per heavy atom. The number of aromatic nitrogens is 3. The molecule has 1 heterocycles. The molecular formula is C16H13N5O. The van der Waals surface area contributed by atoms with Gasteiger partial charge < -0.3 is 4.74 Å². The standard InChI is InChI=1S/C16H13N5O/c1-22-15-6-3-12(4-7-15)16-8-14(5-2-13(16)9-17)20-21-10-18-19-11-21/h2-8,10-11,20H,1H3. The number of benzene rings is 2. The Morgan fingerprint density at radius 2 is 1.82 bits per heavy atom. The third-order valence-corrected chi connectivity index (χ3v) is 3.22. The van der Waals surface area contributed by atoms with Gasteiger partial charge in [-0.05, 0) is 35.9 Å². The maximum Gasteiger partial charge on any atom is 0.139 e. The molecule has 0 aliphatic heterocycles. The maximum atomic E-state index is 9.31. The molecule has 0 saturated heterocycles. The minimum absolute atomic E-state index is 0.611. The van der Waals surface area contributed by atoms with Crippen molar-refractivity contribution in [3.63, 3.8) is 0 Å². The second-order valence-corrected chi connectivity index (χ2v) is 4.58. The number of methoxy groups -OCH3 is 1. The summed E-state index contributed by atoms with van der Waals surface area (Å²) in [5.74, 6) is 0.779. The summed E-state index contributed by atoms with van der Waals surface area (Å²) in [4.78, 5) is 0. The van der Waals surface area contributed by atoms with Crippen molar-refractivity contribution in [2.45, 2.75) is 0 Å². The molecule has 3 rings (SSSR count). The van der Waals surface area contributed by atoms with Crippen molar-refractivity contribution in [2.75, 3.05) is 12.5 Å². The van der Waals surface area contributed by atoms with Crippen LogP contribution in [-0.4, -0.2) is 22.0 Å². The minimum atomic E-state index is 0.611. The molecule has 0 bridgehead atoms. The van der Waals surface area contributed by atoms with Gasteiger partial charge >= 0.3 is 0 Å². The number of hydrogen-bond acceptors (Lipinski definition) is 5. The molecule has 0 spiro atoms. The van der Waals surface area contributed by atoms with Gasteiger partial charge in [0.15, 0.2) is 0 Å². The first kappa shape index (κ1) is 13.6. The second-order valence-electron chi connectivity index (χ2n) is 4.58. The highest BCUT2D eigenvalue weighted by atomic mass is 16.5. The Hall–Kier alpha value is -3.33. The Balaban J connectivity index is 1.98. The fourth-order valence-electron chi connectivity index (χ4n) is 2.13. The number of nitrogens with one attached hydrogen (secondary N) is 1. The van der Waals surface area contributed by atoms with Crippen LogP contribution in [0, 0.1) is 11.3 Å². The summed E-state index contributed by atoms with van der Waals surface area (Å²) in [6, 6.07) is 15.4. The van der Waals surface area contributed by atoms with Crippen molar-refractivity contribution in [1.82, 2.24) is 14.9 Å². The summed E-state index contributed by atoms with van der Waals surface area (Å²) in [6.07, 6.45) is 3.12. The lowest BCUT2D eigenvalue weighted by atomic mass is 9.99. The predicted molar refractivity (Wildman–Crippen MR) is 82.2 cm³/mol. The molecule has 0 fully saturated rings.